The molecule has 0 spiro atoms. The summed E-state index contributed by atoms with van der Waals surface area (Å²) in [5.74, 6) is 2.52. The summed E-state index contributed by atoms with van der Waals surface area (Å²) >= 11 is 0. The van der Waals surface area contributed by atoms with E-state index in [1.54, 1.807) is 6.33 Å². The Hall–Kier alpha value is -1.32. The van der Waals surface area contributed by atoms with Crippen molar-refractivity contribution in [3.05, 3.63) is 12.0 Å². The zero-order chi connectivity index (χ0) is 17.0. The summed E-state index contributed by atoms with van der Waals surface area (Å²) in [5.41, 5.74) is 1.40. The minimum Gasteiger partial charge on any atom is -0.485 e. The summed E-state index contributed by atoms with van der Waals surface area (Å²) in [5, 5.41) is 3.63. The highest BCUT2D eigenvalue weighted by Gasteiger charge is 2.30. The maximum atomic E-state index is 6.00. The predicted molar refractivity (Wildman–Crippen MR) is 96.0 cm³/mol. The number of nitrogens with one attached hydrogen (secondary N) is 1. The van der Waals surface area contributed by atoms with Crippen LogP contribution in [-0.4, -0.2) is 22.1 Å². The second-order valence-corrected chi connectivity index (χ2v) is 8.08. The van der Waals surface area contributed by atoms with Gasteiger partial charge in [-0.2, -0.15) is 0 Å². The van der Waals surface area contributed by atoms with Crippen LogP contribution in [0, 0.1) is 11.3 Å². The zero-order valence-corrected chi connectivity index (χ0v) is 15.6. The molecule has 1 aliphatic carbocycles. The molecule has 1 N–H and O–H groups in total. The van der Waals surface area contributed by atoms with Crippen LogP contribution in [0.3, 0.4) is 0 Å². The van der Waals surface area contributed by atoms with Gasteiger partial charge in [-0.3, -0.25) is 0 Å². The van der Waals surface area contributed by atoms with Gasteiger partial charge in [0.15, 0.2) is 11.6 Å². The maximum Gasteiger partial charge on any atom is 0.183 e. The van der Waals surface area contributed by atoms with Crippen LogP contribution in [-0.2, 0) is 6.42 Å². The van der Waals surface area contributed by atoms with Crippen molar-refractivity contribution in [1.29, 1.82) is 0 Å². The SMILES string of the molecule is CCc1ncnc(NC2CCC(C(C)(C)C)CC2)c1OC(C)C. The van der Waals surface area contributed by atoms with Crippen LogP contribution in [0.2, 0.25) is 0 Å². The Morgan fingerprint density at radius 3 is 2.35 bits per heavy atom. The third-order valence-electron chi connectivity index (χ3n) is 4.86. The number of aryl methyl sites for hydroxylation is 1. The van der Waals surface area contributed by atoms with Crippen LogP contribution in [0.5, 0.6) is 5.75 Å². The molecule has 130 valence electrons. The molecule has 0 aromatic carbocycles. The second kappa shape index (κ2) is 7.50. The third-order valence-corrected chi connectivity index (χ3v) is 4.86. The number of hydrogen-bond acceptors (Lipinski definition) is 4. The summed E-state index contributed by atoms with van der Waals surface area (Å²) < 4.78 is 6.00. The van der Waals surface area contributed by atoms with Gasteiger partial charge >= 0.3 is 0 Å². The molecule has 1 aromatic rings. The predicted octanol–water partition coefficient (Wildman–Crippen LogP) is 4.84. The van der Waals surface area contributed by atoms with Crippen molar-refractivity contribution in [2.75, 3.05) is 5.32 Å². The van der Waals surface area contributed by atoms with Crippen molar-refractivity contribution in [3.8, 4) is 5.75 Å². The number of hydrogen-bond donors (Lipinski definition) is 1. The van der Waals surface area contributed by atoms with Crippen molar-refractivity contribution < 1.29 is 4.74 Å². The van der Waals surface area contributed by atoms with Crippen molar-refractivity contribution in [2.45, 2.75) is 85.8 Å². The van der Waals surface area contributed by atoms with Gasteiger partial charge in [-0.15, -0.1) is 0 Å². The van der Waals surface area contributed by atoms with Crippen LogP contribution < -0.4 is 10.1 Å². The molecular formula is C19H33N3O. The number of rotatable bonds is 5. The van der Waals surface area contributed by atoms with E-state index in [9.17, 15) is 0 Å². The molecule has 0 atom stereocenters. The summed E-state index contributed by atoms with van der Waals surface area (Å²) in [6, 6.07) is 0.489. The average Bonchev–Trinajstić information content (AvgIpc) is 2.48. The first-order valence-corrected chi connectivity index (χ1v) is 9.08. The van der Waals surface area contributed by atoms with E-state index >= 15 is 0 Å². The Morgan fingerprint density at radius 2 is 1.83 bits per heavy atom. The summed E-state index contributed by atoms with van der Waals surface area (Å²) in [4.78, 5) is 8.83. The molecule has 1 aromatic heterocycles. The smallest absolute Gasteiger partial charge is 0.183 e. The lowest BCUT2D eigenvalue weighted by Crippen LogP contribution is -2.32. The van der Waals surface area contributed by atoms with Crippen molar-refractivity contribution in [3.63, 3.8) is 0 Å². The van der Waals surface area contributed by atoms with Crippen molar-refractivity contribution in [1.82, 2.24) is 9.97 Å². The van der Waals surface area contributed by atoms with Crippen LogP contribution in [0.4, 0.5) is 5.82 Å². The highest BCUT2D eigenvalue weighted by atomic mass is 16.5. The van der Waals surface area contributed by atoms with E-state index in [4.69, 9.17) is 4.74 Å². The summed E-state index contributed by atoms with van der Waals surface area (Å²) in [6.07, 6.45) is 7.61. The van der Waals surface area contributed by atoms with Gasteiger partial charge in [0.05, 0.1) is 11.8 Å². The Labute approximate surface area is 141 Å². The van der Waals surface area contributed by atoms with Gasteiger partial charge in [0.25, 0.3) is 0 Å². The van der Waals surface area contributed by atoms with E-state index in [2.05, 4.69) is 43.0 Å². The molecule has 1 saturated carbocycles. The Balaban J connectivity index is 2.06. The molecule has 1 aliphatic rings. The average molecular weight is 319 g/mol. The van der Waals surface area contributed by atoms with E-state index in [0.717, 1.165) is 29.6 Å². The minimum atomic E-state index is 0.128. The zero-order valence-electron chi connectivity index (χ0n) is 15.6. The Bertz CT molecular complexity index is 500. The molecule has 0 unspecified atom stereocenters. The molecule has 1 heterocycles. The molecule has 0 amide bonds. The maximum absolute atomic E-state index is 6.00. The third kappa shape index (κ3) is 4.82. The van der Waals surface area contributed by atoms with Gasteiger partial charge in [0.1, 0.15) is 6.33 Å². The van der Waals surface area contributed by atoms with Gasteiger partial charge in [0.2, 0.25) is 0 Å². The normalized spacial score (nSPS) is 22.2. The van der Waals surface area contributed by atoms with Crippen LogP contribution in [0.1, 0.15) is 72.9 Å². The first-order valence-electron chi connectivity index (χ1n) is 9.08. The fourth-order valence-corrected chi connectivity index (χ4v) is 3.42. The van der Waals surface area contributed by atoms with E-state index in [-0.39, 0.29) is 6.10 Å². The molecule has 1 fully saturated rings. The fraction of sp³-hybridized carbons (Fsp3) is 0.789. The van der Waals surface area contributed by atoms with Gasteiger partial charge in [-0.1, -0.05) is 27.7 Å². The lowest BCUT2D eigenvalue weighted by atomic mass is 9.71. The van der Waals surface area contributed by atoms with E-state index in [1.807, 2.05) is 13.8 Å². The second-order valence-electron chi connectivity index (χ2n) is 8.08. The Kier molecular flexibility index (Phi) is 5.88. The van der Waals surface area contributed by atoms with Crippen LogP contribution in [0.25, 0.3) is 0 Å². The largest absolute Gasteiger partial charge is 0.485 e. The highest BCUT2D eigenvalue weighted by Crippen LogP contribution is 2.39. The van der Waals surface area contributed by atoms with Crippen molar-refractivity contribution >= 4 is 5.82 Å². The number of ether oxygens (including phenoxy) is 1. The number of anilines is 1. The van der Waals surface area contributed by atoms with Crippen molar-refractivity contribution in [2.24, 2.45) is 11.3 Å². The molecule has 0 aliphatic heterocycles. The van der Waals surface area contributed by atoms with E-state index < -0.39 is 0 Å². The van der Waals surface area contributed by atoms with Crippen LogP contribution in [0.15, 0.2) is 6.33 Å². The lowest BCUT2D eigenvalue weighted by Gasteiger charge is -2.37. The molecule has 4 heteroatoms. The lowest BCUT2D eigenvalue weighted by molar-refractivity contribution is 0.173. The molecule has 4 nitrogen and oxygen atoms in total. The Morgan fingerprint density at radius 1 is 1.17 bits per heavy atom. The summed E-state index contributed by atoms with van der Waals surface area (Å²) in [6.45, 7) is 13.3. The van der Waals surface area contributed by atoms with Crippen LogP contribution >= 0.6 is 0 Å². The molecular weight excluding hydrogens is 286 g/mol. The highest BCUT2D eigenvalue weighted by molar-refractivity contribution is 5.53. The van der Waals surface area contributed by atoms with Gasteiger partial charge in [-0.05, 0) is 57.3 Å². The first kappa shape index (κ1) is 18.0. The van der Waals surface area contributed by atoms with E-state index in [0.29, 0.717) is 11.5 Å². The first-order chi connectivity index (χ1) is 10.8. The van der Waals surface area contributed by atoms with Gasteiger partial charge < -0.3 is 10.1 Å². The molecule has 0 radical (unpaired) electrons. The molecule has 23 heavy (non-hydrogen) atoms. The van der Waals surface area contributed by atoms with Gasteiger partial charge in [-0.25, -0.2) is 9.97 Å². The monoisotopic (exact) mass is 319 g/mol. The standard InChI is InChI=1S/C19H33N3O/c1-7-16-17(23-13(2)3)18(21-12-20-16)22-15-10-8-14(9-11-15)19(4,5)6/h12-15H,7-11H2,1-6H3,(H,20,21,22). The molecule has 0 bridgehead atoms. The van der Waals surface area contributed by atoms with Gasteiger partial charge in [0, 0.05) is 6.04 Å². The van der Waals surface area contributed by atoms with E-state index in [1.165, 1.54) is 25.7 Å². The quantitative estimate of drug-likeness (QED) is 0.843. The number of nitrogens with zero attached hydrogens (tertiary/aromatic N) is 2. The fourth-order valence-electron chi connectivity index (χ4n) is 3.42. The molecule has 2 rings (SSSR count). The minimum absolute atomic E-state index is 0.128. The summed E-state index contributed by atoms with van der Waals surface area (Å²) in [7, 11) is 0. The molecule has 0 saturated heterocycles. The topological polar surface area (TPSA) is 47.0 Å². The number of aromatic nitrogens is 2.